The van der Waals surface area contributed by atoms with Crippen LogP contribution in [-0.4, -0.2) is 68.0 Å². The zero-order chi connectivity index (χ0) is 29.7. The molecule has 1 amide bonds. The minimum Gasteiger partial charge on any atom is -0.493 e. The first-order valence-electron chi connectivity index (χ1n) is 12.8. The van der Waals surface area contributed by atoms with Crippen LogP contribution in [0.25, 0.3) is 0 Å². The lowest BCUT2D eigenvalue weighted by Crippen LogP contribution is -2.53. The molecule has 41 heavy (non-hydrogen) atoms. The predicted molar refractivity (Wildman–Crippen MR) is 148 cm³/mol. The van der Waals surface area contributed by atoms with Crippen LogP contribution in [0.1, 0.15) is 31.3 Å². The number of ether oxygens (including phenoxy) is 6. The molecule has 218 valence electrons. The van der Waals surface area contributed by atoms with Crippen molar-refractivity contribution in [1.29, 1.82) is 0 Å². The number of methoxy groups -OCH3 is 1. The molecule has 0 aliphatic rings. The van der Waals surface area contributed by atoms with Crippen molar-refractivity contribution in [3.05, 3.63) is 78.6 Å². The van der Waals surface area contributed by atoms with E-state index in [0.717, 1.165) is 0 Å². The summed E-state index contributed by atoms with van der Waals surface area (Å²) in [6.07, 6.45) is 0.821. The van der Waals surface area contributed by atoms with Crippen molar-refractivity contribution in [1.82, 2.24) is 10.3 Å². The Balaban J connectivity index is 1.74. The predicted octanol–water partition coefficient (Wildman–Crippen LogP) is 3.61. The molecule has 1 heterocycles. The number of nitrogens with zero attached hydrogens (tertiary/aromatic N) is 1. The van der Waals surface area contributed by atoms with Gasteiger partial charge < -0.3 is 38.5 Å². The summed E-state index contributed by atoms with van der Waals surface area (Å²) in [5.41, 5.74) is -1.64. The van der Waals surface area contributed by atoms with Crippen molar-refractivity contribution in [3.63, 3.8) is 0 Å². The normalized spacial score (nSPS) is 13.6. The lowest BCUT2D eigenvalue weighted by molar-refractivity contribution is -0.147. The number of rotatable bonds is 16. The molecular weight excluding hydrogens is 532 g/mol. The Bertz CT molecular complexity index is 1270. The monoisotopic (exact) mass is 566 g/mol. The van der Waals surface area contributed by atoms with E-state index in [1.54, 1.807) is 0 Å². The molecule has 0 saturated heterocycles. The van der Waals surface area contributed by atoms with Crippen molar-refractivity contribution < 1.29 is 42.8 Å². The maximum atomic E-state index is 13.3. The van der Waals surface area contributed by atoms with Crippen molar-refractivity contribution >= 4 is 18.2 Å². The van der Waals surface area contributed by atoms with Crippen LogP contribution in [0.2, 0.25) is 0 Å². The van der Waals surface area contributed by atoms with E-state index in [-0.39, 0.29) is 30.4 Å². The summed E-state index contributed by atoms with van der Waals surface area (Å²) < 4.78 is 33.6. The van der Waals surface area contributed by atoms with Crippen LogP contribution in [0.4, 0.5) is 0 Å². The zero-order valence-electron chi connectivity index (χ0n) is 23.4. The van der Waals surface area contributed by atoms with Gasteiger partial charge in [-0.25, -0.2) is 4.98 Å². The number of nitrogens with one attached hydrogen (secondary N) is 1. The van der Waals surface area contributed by atoms with E-state index < -0.39 is 36.4 Å². The molecule has 11 nitrogen and oxygen atoms in total. The van der Waals surface area contributed by atoms with Gasteiger partial charge in [-0.2, -0.15) is 0 Å². The molecule has 1 aromatic heterocycles. The molecule has 1 N–H and O–H groups in total. The Morgan fingerprint density at radius 1 is 1.00 bits per heavy atom. The van der Waals surface area contributed by atoms with E-state index in [0.29, 0.717) is 17.8 Å². The fraction of sp³-hybridized carbons (Fsp3) is 0.333. The van der Waals surface area contributed by atoms with Crippen LogP contribution < -0.4 is 24.3 Å². The SMILES string of the molecule is COc1ccnc(C(=O)N[C@](C)(C=O)CO[C@H](COc2ccccc2)[C@H](C)Oc2ccccc2)c1OCOC(C)=O. The Morgan fingerprint density at radius 2 is 1.66 bits per heavy atom. The van der Waals surface area contributed by atoms with E-state index in [2.05, 4.69) is 10.3 Å². The molecule has 0 aliphatic carbocycles. The number of aldehydes is 1. The summed E-state index contributed by atoms with van der Waals surface area (Å²) in [5, 5.41) is 2.65. The molecule has 0 spiro atoms. The molecule has 2 aromatic carbocycles. The van der Waals surface area contributed by atoms with E-state index >= 15 is 0 Å². The van der Waals surface area contributed by atoms with Crippen molar-refractivity contribution in [2.75, 3.05) is 27.1 Å². The maximum absolute atomic E-state index is 13.3. The molecule has 0 bridgehead atoms. The Labute approximate surface area is 238 Å². The number of hydrogen-bond acceptors (Lipinski definition) is 10. The van der Waals surface area contributed by atoms with E-state index in [1.165, 1.54) is 33.2 Å². The lowest BCUT2D eigenvalue weighted by Gasteiger charge is -2.30. The van der Waals surface area contributed by atoms with Gasteiger partial charge in [-0.3, -0.25) is 9.59 Å². The van der Waals surface area contributed by atoms with Crippen molar-refractivity contribution in [2.45, 2.75) is 38.5 Å². The number of hydrogen-bond donors (Lipinski definition) is 1. The summed E-state index contributed by atoms with van der Waals surface area (Å²) in [6, 6.07) is 19.9. The quantitative estimate of drug-likeness (QED) is 0.156. The minimum atomic E-state index is -1.47. The molecule has 0 saturated carbocycles. The van der Waals surface area contributed by atoms with Gasteiger partial charge in [-0.1, -0.05) is 36.4 Å². The zero-order valence-corrected chi connectivity index (χ0v) is 23.4. The average molecular weight is 567 g/mol. The molecule has 0 fully saturated rings. The first kappa shape index (κ1) is 30.9. The molecular formula is C30H34N2O9. The fourth-order valence-corrected chi connectivity index (χ4v) is 3.57. The summed E-state index contributed by atoms with van der Waals surface area (Å²) >= 11 is 0. The van der Waals surface area contributed by atoms with Gasteiger partial charge in [-0.15, -0.1) is 0 Å². The van der Waals surface area contributed by atoms with E-state index in [1.807, 2.05) is 67.6 Å². The Hall–Kier alpha value is -4.64. The second kappa shape index (κ2) is 15.2. The molecule has 3 aromatic rings. The second-order valence-corrected chi connectivity index (χ2v) is 9.19. The van der Waals surface area contributed by atoms with Gasteiger partial charge >= 0.3 is 5.97 Å². The summed E-state index contributed by atoms with van der Waals surface area (Å²) in [4.78, 5) is 40.7. The van der Waals surface area contributed by atoms with Crippen LogP contribution in [0.3, 0.4) is 0 Å². The van der Waals surface area contributed by atoms with Gasteiger partial charge in [0.15, 0.2) is 17.2 Å². The summed E-state index contributed by atoms with van der Waals surface area (Å²) in [7, 11) is 1.38. The van der Waals surface area contributed by atoms with Crippen LogP contribution >= 0.6 is 0 Å². The third-order valence-corrected chi connectivity index (χ3v) is 5.77. The molecule has 11 heteroatoms. The minimum absolute atomic E-state index is 0.0538. The van der Waals surface area contributed by atoms with Crippen LogP contribution in [-0.2, 0) is 19.1 Å². The summed E-state index contributed by atoms with van der Waals surface area (Å²) in [5.74, 6) is 0.120. The Kier molecular flexibility index (Phi) is 11.5. The van der Waals surface area contributed by atoms with Gasteiger partial charge in [0.1, 0.15) is 42.1 Å². The number of pyridine rings is 1. The smallest absolute Gasteiger partial charge is 0.305 e. The Morgan fingerprint density at radius 3 is 2.27 bits per heavy atom. The third-order valence-electron chi connectivity index (χ3n) is 5.77. The average Bonchev–Trinajstić information content (AvgIpc) is 2.98. The highest BCUT2D eigenvalue weighted by Gasteiger charge is 2.32. The van der Waals surface area contributed by atoms with E-state index in [4.69, 9.17) is 28.4 Å². The number of esters is 1. The standard InChI is InChI=1S/C30H34N2O9/c1-21(41-24-13-9-6-10-14-24)26(17-37-23-11-7-5-8-12-23)38-19-30(3,18-33)32-29(35)27-28(40-20-39-22(2)34)25(36-4)15-16-31-27/h5-16,18,21,26H,17,19-20H2,1-4H3,(H,32,35)/t21-,26+,30+/m0/s1. The van der Waals surface area contributed by atoms with Crippen molar-refractivity contribution in [3.8, 4) is 23.0 Å². The fourth-order valence-electron chi connectivity index (χ4n) is 3.57. The van der Waals surface area contributed by atoms with Gasteiger partial charge in [0.2, 0.25) is 6.79 Å². The largest absolute Gasteiger partial charge is 0.493 e. The van der Waals surface area contributed by atoms with Crippen LogP contribution in [0.15, 0.2) is 72.9 Å². The van der Waals surface area contributed by atoms with Crippen LogP contribution in [0, 0.1) is 0 Å². The molecule has 3 rings (SSSR count). The van der Waals surface area contributed by atoms with E-state index in [9.17, 15) is 14.4 Å². The second-order valence-electron chi connectivity index (χ2n) is 9.19. The van der Waals surface area contributed by atoms with Gasteiger partial charge in [0.25, 0.3) is 5.91 Å². The highest BCUT2D eigenvalue weighted by Crippen LogP contribution is 2.30. The number of benzene rings is 2. The number of para-hydroxylation sites is 2. The maximum Gasteiger partial charge on any atom is 0.305 e. The highest BCUT2D eigenvalue weighted by molar-refractivity contribution is 5.97. The van der Waals surface area contributed by atoms with Crippen molar-refractivity contribution in [2.24, 2.45) is 0 Å². The first-order valence-corrected chi connectivity index (χ1v) is 12.8. The lowest BCUT2D eigenvalue weighted by atomic mass is 10.1. The topological polar surface area (TPSA) is 132 Å². The van der Waals surface area contributed by atoms with Gasteiger partial charge in [-0.05, 0) is 38.1 Å². The molecule has 0 unspecified atom stereocenters. The highest BCUT2D eigenvalue weighted by atomic mass is 16.7. The molecule has 0 aliphatic heterocycles. The van der Waals surface area contributed by atoms with Gasteiger partial charge in [0, 0.05) is 19.2 Å². The number of amides is 1. The number of aromatic nitrogens is 1. The third kappa shape index (κ3) is 9.50. The number of carbonyl (C=O) groups excluding carboxylic acids is 3. The van der Waals surface area contributed by atoms with Crippen LogP contribution in [0.5, 0.6) is 23.0 Å². The first-order chi connectivity index (χ1) is 19.7. The molecule has 3 atom stereocenters. The molecule has 0 radical (unpaired) electrons. The number of carbonyl (C=O) groups is 3. The summed E-state index contributed by atoms with van der Waals surface area (Å²) in [6.45, 7) is 4.00. The van der Waals surface area contributed by atoms with Gasteiger partial charge in [0.05, 0.1) is 13.7 Å².